The minimum Gasteiger partial charge on any atom is -0.490 e. The summed E-state index contributed by atoms with van der Waals surface area (Å²) in [7, 11) is 0. The van der Waals surface area contributed by atoms with Crippen molar-refractivity contribution in [1.82, 2.24) is 5.43 Å². The highest BCUT2D eigenvalue weighted by Gasteiger charge is 2.13. The van der Waals surface area contributed by atoms with Crippen LogP contribution in [0.5, 0.6) is 17.2 Å². The molecule has 4 aromatic rings. The van der Waals surface area contributed by atoms with Crippen LogP contribution in [0.15, 0.2) is 102 Å². The van der Waals surface area contributed by atoms with Crippen LogP contribution in [0.3, 0.4) is 0 Å². The van der Waals surface area contributed by atoms with Crippen LogP contribution in [0.2, 0.25) is 0 Å². The van der Waals surface area contributed by atoms with Crippen molar-refractivity contribution in [3.8, 4) is 17.2 Å². The molecule has 7 nitrogen and oxygen atoms in total. The zero-order valence-corrected chi connectivity index (χ0v) is 21.2. The lowest BCUT2D eigenvalue weighted by molar-refractivity contribution is 0.0728. The lowest BCUT2D eigenvalue weighted by Gasteiger charge is -2.11. The van der Waals surface area contributed by atoms with Gasteiger partial charge in [0.1, 0.15) is 12.4 Å². The number of amides is 1. The van der Waals surface area contributed by atoms with E-state index in [1.807, 2.05) is 44.2 Å². The summed E-state index contributed by atoms with van der Waals surface area (Å²) in [5.74, 6) is 0.526. The Bertz CT molecular complexity index is 1400. The molecule has 0 saturated heterocycles. The Balaban J connectivity index is 1.33. The van der Waals surface area contributed by atoms with Gasteiger partial charge >= 0.3 is 5.97 Å². The van der Waals surface area contributed by atoms with Gasteiger partial charge in [0.25, 0.3) is 5.91 Å². The molecule has 4 aromatic carbocycles. The summed E-state index contributed by atoms with van der Waals surface area (Å²) in [6.07, 6.45) is 1.49. The molecule has 0 fully saturated rings. The average molecular weight is 509 g/mol. The van der Waals surface area contributed by atoms with E-state index in [-0.39, 0.29) is 5.91 Å². The molecule has 0 aliphatic rings. The standard InChI is InChI=1S/C31H28N2O5/c1-3-36-29-19-24(13-18-28(29)38-31(35)26-7-5-4-6-8-26)20-32-33-30(34)25-14-16-27(17-15-25)37-21-23-11-9-22(2)10-12-23/h4-20H,3,21H2,1-2H3,(H,33,34)/b32-20+. The Morgan fingerprint density at radius 2 is 1.55 bits per heavy atom. The van der Waals surface area contributed by atoms with Gasteiger partial charge in [0.15, 0.2) is 11.5 Å². The molecule has 0 atom stereocenters. The SMILES string of the molecule is CCOc1cc(/C=N/NC(=O)c2ccc(OCc3ccc(C)cc3)cc2)ccc1OC(=O)c1ccccc1. The first-order valence-electron chi connectivity index (χ1n) is 12.2. The molecule has 38 heavy (non-hydrogen) atoms. The quantitative estimate of drug-likeness (QED) is 0.124. The van der Waals surface area contributed by atoms with Crippen LogP contribution >= 0.6 is 0 Å². The molecule has 4 rings (SSSR count). The summed E-state index contributed by atoms with van der Waals surface area (Å²) in [6.45, 7) is 4.71. The minimum absolute atomic E-state index is 0.298. The maximum Gasteiger partial charge on any atom is 0.343 e. The fourth-order valence-electron chi connectivity index (χ4n) is 3.47. The Labute approximate surface area is 221 Å². The predicted molar refractivity (Wildman–Crippen MR) is 146 cm³/mol. The largest absolute Gasteiger partial charge is 0.490 e. The summed E-state index contributed by atoms with van der Waals surface area (Å²) in [4.78, 5) is 24.9. The molecular weight excluding hydrogens is 480 g/mol. The number of nitrogens with zero attached hydrogens (tertiary/aromatic N) is 1. The van der Waals surface area contributed by atoms with Gasteiger partial charge in [-0.15, -0.1) is 0 Å². The van der Waals surface area contributed by atoms with E-state index < -0.39 is 5.97 Å². The maximum atomic E-state index is 12.5. The first-order chi connectivity index (χ1) is 18.5. The van der Waals surface area contributed by atoms with Gasteiger partial charge in [0, 0.05) is 5.56 Å². The third-order valence-corrected chi connectivity index (χ3v) is 5.50. The molecule has 7 heteroatoms. The molecule has 1 N–H and O–H groups in total. The van der Waals surface area contributed by atoms with Crippen molar-refractivity contribution in [2.45, 2.75) is 20.5 Å². The second kappa shape index (κ2) is 12.9. The van der Waals surface area contributed by atoms with Crippen molar-refractivity contribution in [1.29, 1.82) is 0 Å². The number of esters is 1. The van der Waals surface area contributed by atoms with Crippen LogP contribution < -0.4 is 19.6 Å². The van der Waals surface area contributed by atoms with Crippen molar-refractivity contribution in [2.24, 2.45) is 5.10 Å². The van der Waals surface area contributed by atoms with E-state index >= 15 is 0 Å². The molecule has 0 aliphatic heterocycles. The number of rotatable bonds is 10. The van der Waals surface area contributed by atoms with Gasteiger partial charge in [-0.25, -0.2) is 10.2 Å². The molecular formula is C31H28N2O5. The van der Waals surface area contributed by atoms with Gasteiger partial charge in [-0.3, -0.25) is 4.79 Å². The number of hydrogen-bond donors (Lipinski definition) is 1. The molecule has 1 amide bonds. The number of benzene rings is 4. The second-order valence-corrected chi connectivity index (χ2v) is 8.39. The number of hydrogen-bond acceptors (Lipinski definition) is 6. The van der Waals surface area contributed by atoms with Crippen LogP contribution in [-0.4, -0.2) is 24.7 Å². The van der Waals surface area contributed by atoms with Crippen molar-refractivity contribution >= 4 is 18.1 Å². The molecule has 192 valence electrons. The van der Waals surface area contributed by atoms with Crippen molar-refractivity contribution < 1.29 is 23.8 Å². The van der Waals surface area contributed by atoms with E-state index in [1.54, 1.807) is 66.7 Å². The average Bonchev–Trinajstić information content (AvgIpc) is 2.95. The van der Waals surface area contributed by atoms with E-state index in [1.165, 1.54) is 11.8 Å². The van der Waals surface area contributed by atoms with Crippen LogP contribution in [0, 0.1) is 6.92 Å². The molecule has 0 radical (unpaired) electrons. The molecule has 0 aromatic heterocycles. The second-order valence-electron chi connectivity index (χ2n) is 8.39. The van der Waals surface area contributed by atoms with Gasteiger partial charge in [-0.05, 0) is 79.6 Å². The van der Waals surface area contributed by atoms with Crippen LogP contribution in [0.4, 0.5) is 0 Å². The molecule has 0 heterocycles. The number of hydrazone groups is 1. The highest BCUT2D eigenvalue weighted by atomic mass is 16.6. The highest BCUT2D eigenvalue weighted by Crippen LogP contribution is 2.29. The van der Waals surface area contributed by atoms with Crippen molar-refractivity contribution in [3.63, 3.8) is 0 Å². The molecule has 0 bridgehead atoms. The normalized spacial score (nSPS) is 10.7. The fourth-order valence-corrected chi connectivity index (χ4v) is 3.47. The van der Waals surface area contributed by atoms with Gasteiger partial charge < -0.3 is 14.2 Å². The molecule has 0 spiro atoms. The lowest BCUT2D eigenvalue weighted by Crippen LogP contribution is -2.17. The first kappa shape index (κ1) is 26.2. The number of carbonyl (C=O) groups is 2. The Morgan fingerprint density at radius 3 is 2.26 bits per heavy atom. The molecule has 0 unspecified atom stereocenters. The van der Waals surface area contributed by atoms with E-state index in [2.05, 4.69) is 10.5 Å². The smallest absolute Gasteiger partial charge is 0.343 e. The number of ether oxygens (including phenoxy) is 3. The predicted octanol–water partition coefficient (Wildman–Crippen LogP) is 5.96. The number of aryl methyl sites for hydroxylation is 1. The number of carbonyl (C=O) groups excluding carboxylic acids is 2. The number of nitrogens with one attached hydrogen (secondary N) is 1. The lowest BCUT2D eigenvalue weighted by atomic mass is 10.2. The van der Waals surface area contributed by atoms with Crippen LogP contribution in [-0.2, 0) is 6.61 Å². The van der Waals surface area contributed by atoms with Gasteiger partial charge in [0.05, 0.1) is 18.4 Å². The monoisotopic (exact) mass is 508 g/mol. The summed E-state index contributed by atoms with van der Waals surface area (Å²) >= 11 is 0. The van der Waals surface area contributed by atoms with E-state index in [9.17, 15) is 9.59 Å². The summed E-state index contributed by atoms with van der Waals surface area (Å²) in [6, 6.07) is 28.7. The van der Waals surface area contributed by atoms with E-state index in [0.717, 1.165) is 5.56 Å². The summed E-state index contributed by atoms with van der Waals surface area (Å²) in [5, 5.41) is 4.04. The van der Waals surface area contributed by atoms with Gasteiger partial charge in [-0.1, -0.05) is 48.0 Å². The van der Waals surface area contributed by atoms with Gasteiger partial charge in [0.2, 0.25) is 0 Å². The van der Waals surface area contributed by atoms with Crippen molar-refractivity contribution in [3.05, 3.63) is 125 Å². The zero-order chi connectivity index (χ0) is 26.7. The third-order valence-electron chi connectivity index (χ3n) is 5.50. The van der Waals surface area contributed by atoms with Crippen molar-refractivity contribution in [2.75, 3.05) is 6.61 Å². The highest BCUT2D eigenvalue weighted by molar-refractivity contribution is 5.95. The zero-order valence-electron chi connectivity index (χ0n) is 21.2. The van der Waals surface area contributed by atoms with E-state index in [0.29, 0.717) is 47.2 Å². The summed E-state index contributed by atoms with van der Waals surface area (Å²) in [5.41, 5.74) is 6.33. The Morgan fingerprint density at radius 1 is 0.816 bits per heavy atom. The molecule has 0 saturated carbocycles. The topological polar surface area (TPSA) is 86.2 Å². The van der Waals surface area contributed by atoms with E-state index in [4.69, 9.17) is 14.2 Å². The first-order valence-corrected chi connectivity index (χ1v) is 12.2. The minimum atomic E-state index is -0.480. The Hall–Kier alpha value is -4.91. The molecule has 0 aliphatic carbocycles. The third kappa shape index (κ3) is 7.30. The maximum absolute atomic E-state index is 12.5. The summed E-state index contributed by atoms with van der Waals surface area (Å²) < 4.78 is 16.9. The fraction of sp³-hybridized carbons (Fsp3) is 0.129. The van der Waals surface area contributed by atoms with Gasteiger partial charge in [-0.2, -0.15) is 5.10 Å². The van der Waals surface area contributed by atoms with Crippen LogP contribution in [0.1, 0.15) is 44.3 Å². The Kier molecular flexibility index (Phi) is 8.86. The van der Waals surface area contributed by atoms with Crippen LogP contribution in [0.25, 0.3) is 0 Å².